The third-order valence-electron chi connectivity index (χ3n) is 2.90. The lowest BCUT2D eigenvalue weighted by molar-refractivity contribution is -0.384. The van der Waals surface area contributed by atoms with E-state index in [9.17, 15) is 20.0 Å². The number of aromatic nitrogens is 1. The van der Waals surface area contributed by atoms with Crippen LogP contribution in [0, 0.1) is 10.1 Å². The van der Waals surface area contributed by atoms with E-state index in [1.807, 2.05) is 0 Å². The van der Waals surface area contributed by atoms with Gasteiger partial charge in [-0.1, -0.05) is 0 Å². The van der Waals surface area contributed by atoms with Gasteiger partial charge in [-0.3, -0.25) is 10.1 Å². The monoisotopic (exact) mass is 268 g/mol. The van der Waals surface area contributed by atoms with Gasteiger partial charge in [0, 0.05) is 19.1 Å². The molecule has 2 rings (SSSR count). The number of nitrogen functional groups attached to an aromatic ring is 1. The van der Waals surface area contributed by atoms with Crippen LogP contribution in [0.1, 0.15) is 6.42 Å². The number of nitrogens with zero attached hydrogens (tertiary/aromatic N) is 2. The third-order valence-corrected chi connectivity index (χ3v) is 2.90. The van der Waals surface area contributed by atoms with Gasteiger partial charge in [-0.15, -0.1) is 0 Å². The maximum Gasteiger partial charge on any atom is 0.331 e. The van der Waals surface area contributed by atoms with Gasteiger partial charge >= 0.3 is 11.7 Å². The molecule has 4 N–H and O–H groups in total. The Morgan fingerprint density at radius 3 is 2.84 bits per heavy atom. The van der Waals surface area contributed by atoms with Crippen LogP contribution in [0.15, 0.2) is 12.1 Å². The molecule has 2 heterocycles. The lowest BCUT2D eigenvalue weighted by Gasteiger charge is -2.24. The molecule has 0 aliphatic carbocycles. The summed E-state index contributed by atoms with van der Waals surface area (Å²) in [6.45, 7) is 0.322. The van der Waals surface area contributed by atoms with E-state index in [0.717, 1.165) is 0 Å². The van der Waals surface area contributed by atoms with Crippen LogP contribution in [0.5, 0.6) is 0 Å². The van der Waals surface area contributed by atoms with E-state index in [0.29, 0.717) is 6.61 Å². The minimum atomic E-state index is -1.27. The van der Waals surface area contributed by atoms with Crippen LogP contribution in [-0.4, -0.2) is 39.7 Å². The number of nitrogens with one attached hydrogen (secondary N) is 1. The van der Waals surface area contributed by atoms with Gasteiger partial charge < -0.3 is 20.9 Å². The highest BCUT2D eigenvalue weighted by Gasteiger charge is 2.43. The Kier molecular flexibility index (Phi) is 3.21. The summed E-state index contributed by atoms with van der Waals surface area (Å²) in [5, 5.41) is 22.5. The lowest BCUT2D eigenvalue weighted by Crippen LogP contribution is -2.47. The number of nitrogens with two attached hydrogens (primary N) is 1. The number of aliphatic carboxylic acids is 1. The van der Waals surface area contributed by atoms with E-state index in [2.05, 4.69) is 10.3 Å². The quantitative estimate of drug-likeness (QED) is 0.520. The molecule has 0 saturated carbocycles. The Bertz CT molecular complexity index is 527. The highest BCUT2D eigenvalue weighted by molar-refractivity contribution is 5.83. The van der Waals surface area contributed by atoms with E-state index in [1.54, 1.807) is 0 Å². The molecule has 102 valence electrons. The zero-order chi connectivity index (χ0) is 14.0. The number of nitro groups is 1. The van der Waals surface area contributed by atoms with Gasteiger partial charge in [0.15, 0.2) is 5.54 Å². The molecule has 1 saturated heterocycles. The van der Waals surface area contributed by atoms with Crippen LogP contribution in [-0.2, 0) is 9.53 Å². The molecule has 1 aliphatic heterocycles. The summed E-state index contributed by atoms with van der Waals surface area (Å²) >= 11 is 0. The summed E-state index contributed by atoms with van der Waals surface area (Å²) in [6, 6.07) is 2.49. The van der Waals surface area contributed by atoms with E-state index >= 15 is 0 Å². The minimum absolute atomic E-state index is 0.000898. The molecule has 1 aromatic heterocycles. The number of ether oxygens (including phenoxy) is 1. The van der Waals surface area contributed by atoms with Gasteiger partial charge in [0.05, 0.1) is 11.5 Å². The number of anilines is 2. The van der Waals surface area contributed by atoms with Crippen molar-refractivity contribution in [1.29, 1.82) is 0 Å². The van der Waals surface area contributed by atoms with Gasteiger partial charge in [-0.2, -0.15) is 0 Å². The Morgan fingerprint density at radius 1 is 1.63 bits per heavy atom. The molecular weight excluding hydrogens is 256 g/mol. The second-order valence-electron chi connectivity index (χ2n) is 4.17. The standard InChI is InChI=1S/C10H12N4O5/c11-8-6(14(17)18)1-2-7(12-8)13-10(9(15)16)3-4-19-5-10/h1-2H,3-5H2,(H,15,16)(H3,11,12,13). The zero-order valence-electron chi connectivity index (χ0n) is 9.83. The maximum absolute atomic E-state index is 11.3. The van der Waals surface area contributed by atoms with Crippen LogP contribution >= 0.6 is 0 Å². The largest absolute Gasteiger partial charge is 0.479 e. The lowest BCUT2D eigenvalue weighted by atomic mass is 9.99. The zero-order valence-corrected chi connectivity index (χ0v) is 9.83. The normalized spacial score (nSPS) is 22.1. The van der Waals surface area contributed by atoms with Gasteiger partial charge in [0.1, 0.15) is 5.82 Å². The van der Waals surface area contributed by atoms with Crippen molar-refractivity contribution < 1.29 is 19.6 Å². The minimum Gasteiger partial charge on any atom is -0.479 e. The molecule has 1 fully saturated rings. The SMILES string of the molecule is Nc1nc(NC2(C(=O)O)CCOC2)ccc1[N+](=O)[O-]. The molecule has 19 heavy (non-hydrogen) atoms. The molecular formula is C10H12N4O5. The highest BCUT2D eigenvalue weighted by Crippen LogP contribution is 2.26. The number of carboxylic acids is 1. The fraction of sp³-hybridized carbons (Fsp3) is 0.400. The first-order chi connectivity index (χ1) is 8.94. The second kappa shape index (κ2) is 4.69. The van der Waals surface area contributed by atoms with Crippen molar-refractivity contribution in [3.05, 3.63) is 22.2 Å². The summed E-state index contributed by atoms with van der Waals surface area (Å²) in [6.07, 6.45) is 0.279. The van der Waals surface area contributed by atoms with Crippen molar-refractivity contribution in [3.8, 4) is 0 Å². The van der Waals surface area contributed by atoms with Gasteiger partial charge in [0.2, 0.25) is 5.82 Å². The van der Waals surface area contributed by atoms with E-state index < -0.39 is 16.4 Å². The predicted molar refractivity (Wildman–Crippen MR) is 64.7 cm³/mol. The van der Waals surface area contributed by atoms with Crippen LogP contribution < -0.4 is 11.1 Å². The smallest absolute Gasteiger partial charge is 0.331 e. The molecule has 1 atom stereocenters. The molecule has 1 aliphatic rings. The maximum atomic E-state index is 11.3. The average molecular weight is 268 g/mol. The molecule has 1 aromatic rings. The summed E-state index contributed by atoms with van der Waals surface area (Å²) in [5.41, 5.74) is 3.85. The molecule has 0 aromatic carbocycles. The van der Waals surface area contributed by atoms with E-state index in [-0.39, 0.29) is 30.4 Å². The number of hydrogen-bond donors (Lipinski definition) is 3. The van der Waals surface area contributed by atoms with E-state index in [1.165, 1.54) is 12.1 Å². The van der Waals surface area contributed by atoms with Gasteiger partial charge in [-0.05, 0) is 6.07 Å². The molecule has 9 nitrogen and oxygen atoms in total. The number of carbonyl (C=O) groups is 1. The summed E-state index contributed by atoms with van der Waals surface area (Å²) < 4.78 is 5.08. The van der Waals surface area contributed by atoms with Crippen LogP contribution in [0.4, 0.5) is 17.3 Å². The van der Waals surface area contributed by atoms with Gasteiger partial charge in [-0.25, -0.2) is 9.78 Å². The van der Waals surface area contributed by atoms with Gasteiger partial charge in [0.25, 0.3) is 0 Å². The number of carboxylic acid groups (broad SMARTS) is 1. The Labute approximate surface area is 107 Å². The average Bonchev–Trinajstić information content (AvgIpc) is 2.78. The first-order valence-corrected chi connectivity index (χ1v) is 5.45. The second-order valence-corrected chi connectivity index (χ2v) is 4.17. The molecule has 9 heteroatoms. The summed E-state index contributed by atoms with van der Waals surface area (Å²) in [7, 11) is 0. The number of hydrogen-bond acceptors (Lipinski definition) is 7. The fourth-order valence-corrected chi connectivity index (χ4v) is 1.82. The third kappa shape index (κ3) is 2.40. The highest BCUT2D eigenvalue weighted by atomic mass is 16.6. The van der Waals surface area contributed by atoms with Crippen molar-refractivity contribution in [1.82, 2.24) is 4.98 Å². The van der Waals surface area contributed by atoms with Crippen LogP contribution in [0.3, 0.4) is 0 Å². The van der Waals surface area contributed by atoms with Crippen molar-refractivity contribution >= 4 is 23.3 Å². The molecule has 0 amide bonds. The Hall–Kier alpha value is -2.42. The molecule has 0 radical (unpaired) electrons. The van der Waals surface area contributed by atoms with Crippen molar-refractivity contribution in [2.45, 2.75) is 12.0 Å². The van der Waals surface area contributed by atoms with Crippen molar-refractivity contribution in [2.75, 3.05) is 24.3 Å². The Balaban J connectivity index is 2.26. The first kappa shape index (κ1) is 13.0. The predicted octanol–water partition coefficient (Wildman–Crippen LogP) is 0.228. The topological polar surface area (TPSA) is 141 Å². The van der Waals surface area contributed by atoms with E-state index in [4.69, 9.17) is 10.5 Å². The van der Waals surface area contributed by atoms with Crippen molar-refractivity contribution in [2.24, 2.45) is 0 Å². The molecule has 1 unspecified atom stereocenters. The molecule has 0 spiro atoms. The van der Waals surface area contributed by atoms with Crippen LogP contribution in [0.2, 0.25) is 0 Å². The van der Waals surface area contributed by atoms with Crippen LogP contribution in [0.25, 0.3) is 0 Å². The number of rotatable bonds is 4. The molecule has 0 bridgehead atoms. The first-order valence-electron chi connectivity index (χ1n) is 5.45. The summed E-state index contributed by atoms with van der Waals surface area (Å²) in [4.78, 5) is 25.0. The number of pyridine rings is 1. The fourth-order valence-electron chi connectivity index (χ4n) is 1.82. The summed E-state index contributed by atoms with van der Waals surface area (Å²) in [5.74, 6) is -1.17. The van der Waals surface area contributed by atoms with Crippen molar-refractivity contribution in [3.63, 3.8) is 0 Å². The Morgan fingerprint density at radius 2 is 2.37 bits per heavy atom.